The van der Waals surface area contributed by atoms with Gasteiger partial charge in [-0.2, -0.15) is 11.3 Å². The van der Waals surface area contributed by atoms with Crippen molar-refractivity contribution in [1.82, 2.24) is 9.88 Å². The van der Waals surface area contributed by atoms with Crippen molar-refractivity contribution < 1.29 is 9.47 Å². The summed E-state index contributed by atoms with van der Waals surface area (Å²) in [4.78, 5) is 6.74. The van der Waals surface area contributed by atoms with Gasteiger partial charge < -0.3 is 9.47 Å². The van der Waals surface area contributed by atoms with Gasteiger partial charge in [0.25, 0.3) is 0 Å². The van der Waals surface area contributed by atoms with Gasteiger partial charge in [0.1, 0.15) is 0 Å². The van der Waals surface area contributed by atoms with E-state index < -0.39 is 0 Å². The first kappa shape index (κ1) is 16.2. The Morgan fingerprint density at radius 3 is 3.12 bits per heavy atom. The average molecular weight is 344 g/mol. The van der Waals surface area contributed by atoms with Crippen LogP contribution in [0, 0.1) is 5.92 Å². The standard InChI is InChI=1S/C19H24N2O2S/c1-2-15(10-20-4-1)12-22-13-17-8-18-19(9-17)23-6-5-21(18)11-16-3-7-24-14-16/h1-4,7,10,14,17-19H,5-6,8-9,11-13H2/t17-,18-,19-/m0/s1. The summed E-state index contributed by atoms with van der Waals surface area (Å²) in [6.45, 7) is 4.42. The number of rotatable bonds is 6. The van der Waals surface area contributed by atoms with Crippen LogP contribution in [0.5, 0.6) is 0 Å². The van der Waals surface area contributed by atoms with Crippen LogP contribution in [0.1, 0.15) is 24.0 Å². The minimum Gasteiger partial charge on any atom is -0.376 e. The third-order valence-electron chi connectivity index (χ3n) is 5.06. The van der Waals surface area contributed by atoms with Gasteiger partial charge in [-0.25, -0.2) is 0 Å². The van der Waals surface area contributed by atoms with E-state index in [2.05, 4.69) is 32.8 Å². The normalized spacial score (nSPS) is 27.2. The molecule has 128 valence electrons. The van der Waals surface area contributed by atoms with Gasteiger partial charge in [-0.1, -0.05) is 6.07 Å². The highest BCUT2D eigenvalue weighted by Crippen LogP contribution is 2.35. The van der Waals surface area contributed by atoms with Gasteiger partial charge in [0.15, 0.2) is 0 Å². The van der Waals surface area contributed by atoms with Crippen molar-refractivity contribution in [2.24, 2.45) is 5.92 Å². The fraction of sp³-hybridized carbons (Fsp3) is 0.526. The SMILES string of the molecule is c1cncc(COC[C@@H]2C[C@@H]3OCCN(Cc4ccsc4)[C@H]3C2)c1. The van der Waals surface area contributed by atoms with E-state index in [-0.39, 0.29) is 0 Å². The number of morpholine rings is 1. The van der Waals surface area contributed by atoms with Crippen molar-refractivity contribution in [3.8, 4) is 0 Å². The maximum atomic E-state index is 6.04. The van der Waals surface area contributed by atoms with Crippen molar-refractivity contribution in [1.29, 1.82) is 0 Å². The summed E-state index contributed by atoms with van der Waals surface area (Å²) in [5.41, 5.74) is 2.57. The Hall–Kier alpha value is -1.27. The minimum absolute atomic E-state index is 0.379. The number of pyridine rings is 1. The summed E-state index contributed by atoms with van der Waals surface area (Å²) in [5, 5.41) is 4.42. The second kappa shape index (κ2) is 7.74. The number of ether oxygens (including phenoxy) is 2. The summed E-state index contributed by atoms with van der Waals surface area (Å²) in [7, 11) is 0. The first-order valence-corrected chi connectivity index (χ1v) is 9.66. The van der Waals surface area contributed by atoms with Crippen molar-refractivity contribution in [3.63, 3.8) is 0 Å². The van der Waals surface area contributed by atoms with E-state index >= 15 is 0 Å². The maximum absolute atomic E-state index is 6.04. The predicted octanol–water partition coefficient (Wildman–Crippen LogP) is 3.34. The number of nitrogens with zero attached hydrogens (tertiary/aromatic N) is 2. The lowest BCUT2D eigenvalue weighted by Gasteiger charge is -2.37. The first-order chi connectivity index (χ1) is 11.9. The molecule has 2 aromatic heterocycles. The third kappa shape index (κ3) is 3.86. The number of fused-ring (bicyclic) bond motifs is 1. The lowest BCUT2D eigenvalue weighted by molar-refractivity contribution is -0.0590. The van der Waals surface area contributed by atoms with E-state index in [4.69, 9.17) is 9.47 Å². The van der Waals surface area contributed by atoms with E-state index in [0.717, 1.165) is 38.3 Å². The second-order valence-electron chi connectivity index (χ2n) is 6.79. The van der Waals surface area contributed by atoms with Crippen LogP contribution in [0.3, 0.4) is 0 Å². The fourth-order valence-corrected chi connectivity index (χ4v) is 4.56. The Morgan fingerprint density at radius 1 is 1.29 bits per heavy atom. The first-order valence-electron chi connectivity index (χ1n) is 8.72. The Balaban J connectivity index is 1.29. The van der Waals surface area contributed by atoms with Crippen molar-refractivity contribution in [3.05, 3.63) is 52.5 Å². The van der Waals surface area contributed by atoms with Crippen LogP contribution >= 0.6 is 11.3 Å². The predicted molar refractivity (Wildman–Crippen MR) is 94.9 cm³/mol. The Kier molecular flexibility index (Phi) is 5.23. The van der Waals surface area contributed by atoms with Crippen LogP contribution in [0.25, 0.3) is 0 Å². The zero-order valence-corrected chi connectivity index (χ0v) is 14.7. The monoisotopic (exact) mass is 344 g/mol. The van der Waals surface area contributed by atoms with Crippen molar-refractivity contribution in [2.75, 3.05) is 19.8 Å². The Morgan fingerprint density at radius 2 is 2.29 bits per heavy atom. The number of hydrogen-bond donors (Lipinski definition) is 0. The molecule has 0 radical (unpaired) electrons. The van der Waals surface area contributed by atoms with Crippen molar-refractivity contribution >= 4 is 11.3 Å². The highest BCUT2D eigenvalue weighted by atomic mass is 32.1. The molecule has 0 bridgehead atoms. The van der Waals surface area contributed by atoms with Gasteiger partial charge in [-0.05, 0) is 52.8 Å². The molecule has 4 nitrogen and oxygen atoms in total. The van der Waals surface area contributed by atoms with Crippen LogP contribution in [0.2, 0.25) is 0 Å². The van der Waals surface area contributed by atoms with E-state index in [1.54, 1.807) is 17.5 Å². The van der Waals surface area contributed by atoms with E-state index in [9.17, 15) is 0 Å². The molecule has 5 heteroatoms. The molecule has 3 atom stereocenters. The molecule has 2 aliphatic rings. The zero-order valence-electron chi connectivity index (χ0n) is 13.8. The minimum atomic E-state index is 0.379. The van der Waals surface area contributed by atoms with Crippen LogP contribution in [-0.4, -0.2) is 41.8 Å². The van der Waals surface area contributed by atoms with E-state index in [0.29, 0.717) is 24.7 Å². The lowest BCUT2D eigenvalue weighted by atomic mass is 10.1. The van der Waals surface area contributed by atoms with Crippen LogP contribution in [-0.2, 0) is 22.6 Å². The Bertz CT molecular complexity index is 620. The van der Waals surface area contributed by atoms with Gasteiger partial charge in [0.05, 0.1) is 19.3 Å². The molecule has 0 N–H and O–H groups in total. The molecule has 2 aromatic rings. The molecule has 1 saturated heterocycles. The molecule has 1 aliphatic carbocycles. The smallest absolute Gasteiger partial charge is 0.0734 e. The lowest BCUT2D eigenvalue weighted by Crippen LogP contribution is -2.47. The molecule has 0 unspecified atom stereocenters. The maximum Gasteiger partial charge on any atom is 0.0734 e. The molecule has 4 rings (SSSR count). The molecule has 0 amide bonds. The van der Waals surface area contributed by atoms with Crippen LogP contribution in [0.15, 0.2) is 41.4 Å². The fourth-order valence-electron chi connectivity index (χ4n) is 3.90. The number of aromatic nitrogens is 1. The summed E-state index contributed by atoms with van der Waals surface area (Å²) in [6, 6.07) is 6.80. The third-order valence-corrected chi connectivity index (χ3v) is 5.79. The number of thiophene rings is 1. The van der Waals surface area contributed by atoms with E-state index in [1.807, 2.05) is 12.3 Å². The molecule has 0 aromatic carbocycles. The molecular formula is C19H24N2O2S. The largest absolute Gasteiger partial charge is 0.376 e. The molecule has 1 aliphatic heterocycles. The molecule has 0 spiro atoms. The summed E-state index contributed by atoms with van der Waals surface area (Å²) in [5.74, 6) is 0.597. The summed E-state index contributed by atoms with van der Waals surface area (Å²) < 4.78 is 12.0. The highest BCUT2D eigenvalue weighted by molar-refractivity contribution is 7.07. The molecule has 24 heavy (non-hydrogen) atoms. The summed E-state index contributed by atoms with van der Waals surface area (Å²) in [6.07, 6.45) is 6.36. The topological polar surface area (TPSA) is 34.6 Å². The number of hydrogen-bond acceptors (Lipinski definition) is 5. The van der Waals surface area contributed by atoms with Gasteiger partial charge in [0, 0.05) is 38.1 Å². The highest BCUT2D eigenvalue weighted by Gasteiger charge is 2.40. The van der Waals surface area contributed by atoms with Gasteiger partial charge in [-0.15, -0.1) is 0 Å². The zero-order chi connectivity index (χ0) is 16.2. The molecule has 3 heterocycles. The molecule has 2 fully saturated rings. The average Bonchev–Trinajstić information content (AvgIpc) is 3.26. The summed E-state index contributed by atoms with van der Waals surface area (Å²) >= 11 is 1.78. The van der Waals surface area contributed by atoms with Gasteiger partial charge in [0.2, 0.25) is 0 Å². The molecule has 1 saturated carbocycles. The Labute approximate surface area is 147 Å². The van der Waals surface area contributed by atoms with Crippen molar-refractivity contribution in [2.45, 2.75) is 38.1 Å². The van der Waals surface area contributed by atoms with Gasteiger partial charge in [-0.3, -0.25) is 9.88 Å². The van der Waals surface area contributed by atoms with Gasteiger partial charge >= 0.3 is 0 Å². The van der Waals surface area contributed by atoms with E-state index in [1.165, 1.54) is 12.0 Å². The van der Waals surface area contributed by atoms with Crippen LogP contribution in [0.4, 0.5) is 0 Å². The second-order valence-corrected chi connectivity index (χ2v) is 7.57. The quantitative estimate of drug-likeness (QED) is 0.805. The van der Waals surface area contributed by atoms with Crippen LogP contribution < -0.4 is 0 Å². The molecular weight excluding hydrogens is 320 g/mol.